The molecule has 4 heterocycles. The number of carbonyl (C=O) groups excluding carboxylic acids is 1. The number of aromatic hydroxyl groups is 1. The highest BCUT2D eigenvalue weighted by molar-refractivity contribution is 7.17. The molecule has 4 rings (SSSR count). The van der Waals surface area contributed by atoms with Gasteiger partial charge in [0.05, 0.1) is 10.2 Å². The third-order valence-electron chi connectivity index (χ3n) is 5.13. The van der Waals surface area contributed by atoms with Crippen molar-refractivity contribution in [2.45, 2.75) is 43.8 Å². The maximum Gasteiger partial charge on any atom is 0.256 e. The molecule has 6 heteroatoms. The highest BCUT2D eigenvalue weighted by Crippen LogP contribution is 2.35. The van der Waals surface area contributed by atoms with E-state index in [1.165, 1.54) is 30.4 Å². The number of fused-ring (bicyclic) bond motifs is 3. The fourth-order valence-electron chi connectivity index (χ4n) is 3.86. The summed E-state index contributed by atoms with van der Waals surface area (Å²) in [5.74, 6) is -0.164. The Hall–Kier alpha value is -1.66. The molecule has 2 atom stereocenters. The Bertz CT molecular complexity index is 715. The van der Waals surface area contributed by atoms with Gasteiger partial charge in [-0.3, -0.25) is 9.78 Å². The van der Waals surface area contributed by atoms with Crippen molar-refractivity contribution in [1.29, 1.82) is 0 Å². The number of thiophene rings is 1. The average Bonchev–Trinajstić information content (AvgIpc) is 3.03. The number of amides is 1. The van der Waals surface area contributed by atoms with Crippen molar-refractivity contribution >= 4 is 27.5 Å². The molecule has 2 N–H and O–H groups in total. The van der Waals surface area contributed by atoms with Crippen molar-refractivity contribution in [3.05, 3.63) is 23.2 Å². The van der Waals surface area contributed by atoms with Crippen LogP contribution in [0.1, 0.15) is 36.0 Å². The first-order valence-electron chi connectivity index (χ1n) is 7.71. The van der Waals surface area contributed by atoms with Gasteiger partial charge in [0.25, 0.3) is 5.91 Å². The van der Waals surface area contributed by atoms with Crippen LogP contribution >= 0.6 is 11.3 Å². The van der Waals surface area contributed by atoms with Gasteiger partial charge in [-0.1, -0.05) is 0 Å². The van der Waals surface area contributed by atoms with Gasteiger partial charge in [0, 0.05) is 24.3 Å². The van der Waals surface area contributed by atoms with Crippen LogP contribution in [-0.4, -0.2) is 46.1 Å². The Morgan fingerprint density at radius 1 is 1.41 bits per heavy atom. The summed E-state index contributed by atoms with van der Waals surface area (Å²) >= 11 is 1.40. The third kappa shape index (κ3) is 2.18. The van der Waals surface area contributed by atoms with Gasteiger partial charge in [-0.2, -0.15) is 0 Å². The number of rotatable bonds is 2. The molecule has 0 spiro atoms. The van der Waals surface area contributed by atoms with Crippen LogP contribution in [0.3, 0.4) is 0 Å². The highest BCUT2D eigenvalue weighted by Gasteiger charge is 2.39. The predicted octanol–water partition coefficient (Wildman–Crippen LogP) is 2.36. The standard InChI is InChI=1S/C16H19N3O2S/c1-19-10-2-3-11(19)7-9(6-10)18-16(21)12-8-17-13-4-5-22-15(13)14(12)20/h4-5,8-11H,2-3,6-7H2,1H3,(H,17,20)(H,18,21). The van der Waals surface area contributed by atoms with Gasteiger partial charge in [-0.15, -0.1) is 11.3 Å². The predicted molar refractivity (Wildman–Crippen MR) is 86.3 cm³/mol. The maximum atomic E-state index is 12.5. The van der Waals surface area contributed by atoms with Crippen LogP contribution in [0.5, 0.6) is 5.75 Å². The van der Waals surface area contributed by atoms with Gasteiger partial charge in [-0.05, 0) is 44.2 Å². The van der Waals surface area contributed by atoms with E-state index in [4.69, 9.17) is 0 Å². The van der Waals surface area contributed by atoms with Gasteiger partial charge in [-0.25, -0.2) is 0 Å². The van der Waals surface area contributed by atoms with Crippen LogP contribution in [0.15, 0.2) is 17.6 Å². The zero-order chi connectivity index (χ0) is 15.3. The summed E-state index contributed by atoms with van der Waals surface area (Å²) in [7, 11) is 2.18. The number of piperidine rings is 1. The lowest BCUT2D eigenvalue weighted by Gasteiger charge is -2.36. The molecule has 22 heavy (non-hydrogen) atoms. The van der Waals surface area contributed by atoms with E-state index in [1.54, 1.807) is 0 Å². The zero-order valence-electron chi connectivity index (χ0n) is 12.5. The molecule has 2 fully saturated rings. The van der Waals surface area contributed by atoms with E-state index in [0.29, 0.717) is 16.8 Å². The molecular weight excluding hydrogens is 298 g/mol. The summed E-state index contributed by atoms with van der Waals surface area (Å²) in [6.45, 7) is 0. The van der Waals surface area contributed by atoms with Crippen LogP contribution in [0.2, 0.25) is 0 Å². The molecule has 0 saturated carbocycles. The second kappa shape index (κ2) is 5.21. The number of pyridine rings is 1. The molecule has 2 aromatic heterocycles. The van der Waals surface area contributed by atoms with E-state index in [-0.39, 0.29) is 23.3 Å². The Morgan fingerprint density at radius 2 is 2.14 bits per heavy atom. The normalized spacial score (nSPS) is 28.1. The summed E-state index contributed by atoms with van der Waals surface area (Å²) in [6, 6.07) is 3.20. The molecule has 5 nitrogen and oxygen atoms in total. The second-order valence-corrected chi connectivity index (χ2v) is 7.26. The number of hydrogen-bond donors (Lipinski definition) is 2. The Labute approximate surface area is 133 Å². The van der Waals surface area contributed by atoms with Gasteiger partial charge < -0.3 is 15.3 Å². The fourth-order valence-corrected chi connectivity index (χ4v) is 4.65. The molecule has 0 radical (unpaired) electrons. The van der Waals surface area contributed by atoms with Crippen molar-refractivity contribution in [2.24, 2.45) is 0 Å². The van der Waals surface area contributed by atoms with Gasteiger partial charge in [0.15, 0.2) is 0 Å². The largest absolute Gasteiger partial charge is 0.505 e. The molecule has 2 unspecified atom stereocenters. The van der Waals surface area contributed by atoms with Crippen LogP contribution in [-0.2, 0) is 0 Å². The lowest BCUT2D eigenvalue weighted by Crippen LogP contribution is -2.48. The third-order valence-corrected chi connectivity index (χ3v) is 6.04. The van der Waals surface area contributed by atoms with Crippen LogP contribution in [0.25, 0.3) is 10.2 Å². The number of hydrogen-bond acceptors (Lipinski definition) is 5. The minimum Gasteiger partial charge on any atom is -0.505 e. The van der Waals surface area contributed by atoms with Crippen molar-refractivity contribution in [1.82, 2.24) is 15.2 Å². The van der Waals surface area contributed by atoms with Gasteiger partial charge >= 0.3 is 0 Å². The molecule has 2 aliphatic heterocycles. The monoisotopic (exact) mass is 317 g/mol. The highest BCUT2D eigenvalue weighted by atomic mass is 32.1. The van der Waals surface area contributed by atoms with Gasteiger partial charge in [0.2, 0.25) is 0 Å². The molecule has 116 valence electrons. The molecular formula is C16H19N3O2S. The number of nitrogens with zero attached hydrogens (tertiary/aromatic N) is 2. The quantitative estimate of drug-likeness (QED) is 0.892. The number of aromatic nitrogens is 1. The lowest BCUT2D eigenvalue weighted by atomic mass is 9.97. The second-order valence-electron chi connectivity index (χ2n) is 6.35. The first kappa shape index (κ1) is 14.0. The van der Waals surface area contributed by atoms with Crippen LogP contribution in [0.4, 0.5) is 0 Å². The van der Waals surface area contributed by atoms with E-state index in [2.05, 4.69) is 22.2 Å². The molecule has 0 aliphatic carbocycles. The topological polar surface area (TPSA) is 65.5 Å². The van der Waals surface area contributed by atoms with E-state index in [9.17, 15) is 9.90 Å². The maximum absolute atomic E-state index is 12.5. The molecule has 0 aromatic carbocycles. The summed E-state index contributed by atoms with van der Waals surface area (Å²) < 4.78 is 0.677. The minimum absolute atomic E-state index is 0.0494. The Morgan fingerprint density at radius 3 is 2.86 bits per heavy atom. The lowest BCUT2D eigenvalue weighted by molar-refractivity contribution is 0.0880. The van der Waals surface area contributed by atoms with Crippen molar-refractivity contribution in [3.63, 3.8) is 0 Å². The van der Waals surface area contributed by atoms with E-state index in [1.807, 2.05) is 11.4 Å². The van der Waals surface area contributed by atoms with Crippen molar-refractivity contribution in [2.75, 3.05) is 7.05 Å². The molecule has 1 amide bonds. The van der Waals surface area contributed by atoms with Crippen LogP contribution in [0, 0.1) is 0 Å². The summed E-state index contributed by atoms with van der Waals surface area (Å²) in [4.78, 5) is 19.2. The summed E-state index contributed by atoms with van der Waals surface area (Å²) in [6.07, 6.45) is 5.91. The van der Waals surface area contributed by atoms with Crippen molar-refractivity contribution in [3.8, 4) is 5.75 Å². The SMILES string of the molecule is CN1C2CCC1CC(NC(=O)c1cnc3ccsc3c1O)C2. The average molecular weight is 317 g/mol. The van der Waals surface area contributed by atoms with Gasteiger partial charge in [0.1, 0.15) is 11.3 Å². The summed E-state index contributed by atoms with van der Waals surface area (Å²) in [5, 5.41) is 15.3. The minimum atomic E-state index is -0.214. The Balaban J connectivity index is 1.53. The van der Waals surface area contributed by atoms with Crippen LogP contribution < -0.4 is 5.32 Å². The first-order chi connectivity index (χ1) is 10.6. The first-order valence-corrected chi connectivity index (χ1v) is 8.59. The van der Waals surface area contributed by atoms with E-state index < -0.39 is 0 Å². The molecule has 2 aliphatic rings. The number of carbonyl (C=O) groups is 1. The zero-order valence-corrected chi connectivity index (χ0v) is 13.3. The molecule has 2 saturated heterocycles. The molecule has 2 bridgehead atoms. The fraction of sp³-hybridized carbons (Fsp3) is 0.500. The van der Waals surface area contributed by atoms with E-state index >= 15 is 0 Å². The number of nitrogens with one attached hydrogen (secondary N) is 1. The van der Waals surface area contributed by atoms with Crippen molar-refractivity contribution < 1.29 is 9.90 Å². The van der Waals surface area contributed by atoms with E-state index in [0.717, 1.165) is 18.4 Å². The molecule has 2 aromatic rings. The summed E-state index contributed by atoms with van der Waals surface area (Å²) in [5.41, 5.74) is 1.01. The smallest absolute Gasteiger partial charge is 0.256 e. The Kier molecular flexibility index (Phi) is 3.31.